The average Bonchev–Trinajstić information content (AvgIpc) is 3.29. The number of hydrogen-bond acceptors (Lipinski definition) is 12. The number of carbonyl (C=O) groups is 11. The van der Waals surface area contributed by atoms with Crippen LogP contribution >= 0.6 is 0 Å². The number of carboxylic acids is 6. The van der Waals surface area contributed by atoms with Crippen LogP contribution in [0.1, 0.15) is 100 Å². The fraction of sp³-hybridized carbons (Fsp3) is 0.595. The summed E-state index contributed by atoms with van der Waals surface area (Å²) in [5.74, 6) is -9.83. The summed E-state index contributed by atoms with van der Waals surface area (Å²) in [5, 5.41) is 70.8. The fourth-order valence-corrected chi connectivity index (χ4v) is 7.91. The summed E-state index contributed by atoms with van der Waals surface area (Å²) in [4.78, 5) is 140. The Hall–Kier alpha value is -7.70. The lowest BCUT2D eigenvalue weighted by molar-refractivity contribution is -0.142. The van der Waals surface area contributed by atoms with Crippen LogP contribution in [0.2, 0.25) is 0 Å². The summed E-state index contributed by atoms with van der Waals surface area (Å²) in [6, 6.07) is -3.04. The van der Waals surface area contributed by atoms with Gasteiger partial charge in [-0.25, -0.2) is 28.8 Å². The van der Waals surface area contributed by atoms with Crippen LogP contribution in [-0.4, -0.2) is 162 Å². The summed E-state index contributed by atoms with van der Waals surface area (Å²) in [6.45, 7) is 0.990. The lowest BCUT2D eigenvalue weighted by atomic mass is 9.89. The molecule has 69 heavy (non-hydrogen) atoms. The van der Waals surface area contributed by atoms with E-state index in [1.165, 1.54) is 24.3 Å². The van der Waals surface area contributed by atoms with Crippen LogP contribution in [0.15, 0.2) is 29.4 Å². The van der Waals surface area contributed by atoms with Crippen molar-refractivity contribution in [1.82, 2.24) is 36.4 Å². The van der Waals surface area contributed by atoms with Crippen molar-refractivity contribution in [2.24, 2.45) is 17.0 Å². The van der Waals surface area contributed by atoms with E-state index in [9.17, 15) is 73.2 Å². The maximum atomic E-state index is 13.5. The van der Waals surface area contributed by atoms with Gasteiger partial charge in [0.1, 0.15) is 24.2 Å². The van der Waals surface area contributed by atoms with E-state index in [0.29, 0.717) is 25.7 Å². The number of amides is 7. The van der Waals surface area contributed by atoms with Crippen LogP contribution in [-0.2, 0) is 38.4 Å². The zero-order chi connectivity index (χ0) is 51.2. The predicted molar refractivity (Wildman–Crippen MR) is 236 cm³/mol. The Kier molecular flexibility index (Phi) is 22.4. The van der Waals surface area contributed by atoms with E-state index in [1.54, 1.807) is 9.80 Å². The molecular weight excluding hydrogens is 917 g/mol. The normalized spacial score (nSPS) is 16.2. The van der Waals surface area contributed by atoms with E-state index in [4.69, 9.17) is 15.7 Å². The van der Waals surface area contributed by atoms with Gasteiger partial charge in [0.15, 0.2) is 0 Å². The van der Waals surface area contributed by atoms with Gasteiger partial charge in [-0.1, -0.05) is 17.2 Å². The molecule has 11 N–H and O–H groups in total. The molecule has 0 spiro atoms. The van der Waals surface area contributed by atoms with Gasteiger partial charge in [-0.2, -0.15) is 0 Å². The highest BCUT2D eigenvalue weighted by molar-refractivity contribution is 5.95. The topological polar surface area (TPSA) is 425 Å². The number of benzene rings is 1. The zero-order valence-corrected chi connectivity index (χ0v) is 37.5. The second-order valence-electron chi connectivity index (χ2n) is 16.8. The van der Waals surface area contributed by atoms with Crippen LogP contribution in [0, 0.1) is 11.8 Å². The smallest absolute Gasteiger partial charge is 0.326 e. The molecule has 2 heterocycles. The minimum absolute atomic E-state index is 0.0323. The minimum atomic E-state index is -1.56. The van der Waals surface area contributed by atoms with Gasteiger partial charge >= 0.3 is 47.9 Å². The van der Waals surface area contributed by atoms with Crippen LogP contribution in [0.5, 0.6) is 0 Å². The lowest BCUT2D eigenvalue weighted by Crippen LogP contribution is -2.52. The summed E-state index contributed by atoms with van der Waals surface area (Å²) in [7, 11) is 0. The molecule has 0 aromatic heterocycles. The largest absolute Gasteiger partial charge is 0.481 e. The summed E-state index contributed by atoms with van der Waals surface area (Å²) in [6.07, 6.45) is -0.308. The van der Waals surface area contributed by atoms with Crippen molar-refractivity contribution in [2.75, 3.05) is 26.2 Å². The second-order valence-corrected chi connectivity index (χ2v) is 16.8. The molecule has 0 radical (unpaired) electrons. The van der Waals surface area contributed by atoms with Crippen molar-refractivity contribution in [3.63, 3.8) is 0 Å². The SMILES string of the molecule is [N-]=[N+]=Nc1ccc(C(=O)NC(CCC(=O)N2CCC(CC(NC(=O)NC(CCC(=O)O)C(=O)O)C(=O)O)CC2)CCC(=O)N2CCC(CC(NC(=O)NC(CCC(=O)O)C(=O)O)C(=O)O)CC2)cc1. The number of carbonyl (C=O) groups excluding carboxylic acids is 5. The first-order valence-corrected chi connectivity index (χ1v) is 22.2. The number of nitrogens with zero attached hydrogens (tertiary/aromatic N) is 5. The highest BCUT2D eigenvalue weighted by Crippen LogP contribution is 2.25. The summed E-state index contributed by atoms with van der Waals surface area (Å²) < 4.78 is 0. The Bertz CT molecular complexity index is 1980. The Morgan fingerprint density at radius 2 is 0.899 bits per heavy atom. The van der Waals surface area contributed by atoms with Gasteiger partial charge in [0.25, 0.3) is 5.91 Å². The number of rotatable bonds is 27. The summed E-state index contributed by atoms with van der Waals surface area (Å²) in [5.41, 5.74) is 9.21. The van der Waals surface area contributed by atoms with E-state index < -0.39 is 110 Å². The first-order chi connectivity index (χ1) is 32.6. The quantitative estimate of drug-likeness (QED) is 0.0339. The van der Waals surface area contributed by atoms with E-state index in [2.05, 4.69) is 36.6 Å². The third-order valence-corrected chi connectivity index (χ3v) is 11.8. The van der Waals surface area contributed by atoms with Gasteiger partial charge in [-0.3, -0.25) is 24.0 Å². The molecule has 1 aromatic rings. The molecule has 3 rings (SSSR count). The van der Waals surface area contributed by atoms with Gasteiger partial charge < -0.3 is 67.0 Å². The van der Waals surface area contributed by atoms with Crippen molar-refractivity contribution in [3.05, 3.63) is 40.3 Å². The molecule has 2 fully saturated rings. The number of azide groups is 1. The number of hydrogen-bond donors (Lipinski definition) is 11. The zero-order valence-electron chi connectivity index (χ0n) is 37.5. The molecule has 4 unspecified atom stereocenters. The minimum Gasteiger partial charge on any atom is -0.481 e. The highest BCUT2D eigenvalue weighted by Gasteiger charge is 2.33. The van der Waals surface area contributed by atoms with E-state index >= 15 is 0 Å². The van der Waals surface area contributed by atoms with E-state index in [0.717, 1.165) is 0 Å². The standard InChI is InChI=1S/C42H58N10O17/c43-50-49-27-3-1-25(2-4-27)36(59)44-26(5-9-32(53)51-17-13-23(14-18-51)21-30(39(64)65)47-41(68)45-28(37(60)61)7-11-34(55)56)6-10-33(54)52-19-15-24(16-20-52)22-31(40(66)67)48-42(69)46-29(38(62)63)8-12-35(57)58/h1-4,23-24,26,28-31H,5-22H2,(H,44,59)(H,55,56)(H,57,58)(H,60,61)(H,62,63)(H,64,65)(H,66,67)(H2,45,47,68)(H2,46,48,69). The van der Waals surface area contributed by atoms with Gasteiger partial charge in [0.05, 0.1) is 0 Å². The summed E-state index contributed by atoms with van der Waals surface area (Å²) >= 11 is 0. The van der Waals surface area contributed by atoms with Crippen molar-refractivity contribution < 1.29 is 83.4 Å². The molecule has 4 atom stereocenters. The van der Waals surface area contributed by atoms with Gasteiger partial charge in [-0.15, -0.1) is 0 Å². The monoisotopic (exact) mass is 974 g/mol. The third-order valence-electron chi connectivity index (χ3n) is 11.8. The molecule has 27 heteroatoms. The van der Waals surface area contributed by atoms with Crippen LogP contribution in [0.4, 0.5) is 15.3 Å². The van der Waals surface area contributed by atoms with Crippen LogP contribution < -0.4 is 26.6 Å². The molecule has 2 aliphatic rings. The Balaban J connectivity index is 1.56. The molecule has 2 saturated heterocycles. The van der Waals surface area contributed by atoms with Crippen molar-refractivity contribution in [3.8, 4) is 0 Å². The molecule has 7 amide bonds. The maximum Gasteiger partial charge on any atom is 0.326 e. The first kappa shape index (κ1) is 55.6. The van der Waals surface area contributed by atoms with Gasteiger partial charge in [0.2, 0.25) is 11.8 Å². The Morgan fingerprint density at radius 1 is 0.536 bits per heavy atom. The van der Waals surface area contributed by atoms with E-state index in [1.807, 2.05) is 0 Å². The molecule has 0 bridgehead atoms. The highest BCUT2D eigenvalue weighted by atomic mass is 16.4. The number of aliphatic carboxylic acids is 6. The maximum absolute atomic E-state index is 13.5. The Labute approximate surface area is 394 Å². The lowest BCUT2D eigenvalue weighted by Gasteiger charge is -2.34. The number of likely N-dealkylation sites (tertiary alicyclic amines) is 2. The fourth-order valence-electron chi connectivity index (χ4n) is 7.91. The second kappa shape index (κ2) is 27.8. The molecule has 0 aliphatic carbocycles. The Morgan fingerprint density at radius 3 is 1.23 bits per heavy atom. The first-order valence-electron chi connectivity index (χ1n) is 22.2. The molecule has 27 nitrogen and oxygen atoms in total. The molecule has 2 aliphatic heterocycles. The van der Waals surface area contributed by atoms with Crippen molar-refractivity contribution in [2.45, 2.75) is 120 Å². The van der Waals surface area contributed by atoms with Crippen LogP contribution in [0.25, 0.3) is 10.4 Å². The number of carboxylic acid groups (broad SMARTS) is 6. The van der Waals surface area contributed by atoms with Crippen LogP contribution in [0.3, 0.4) is 0 Å². The number of nitrogens with one attached hydrogen (secondary N) is 5. The van der Waals surface area contributed by atoms with E-state index in [-0.39, 0.29) is 99.6 Å². The molecule has 1 aromatic carbocycles. The van der Waals surface area contributed by atoms with Gasteiger partial charge in [-0.05, 0) is 93.7 Å². The van der Waals surface area contributed by atoms with Crippen molar-refractivity contribution >= 4 is 71.3 Å². The van der Waals surface area contributed by atoms with Crippen molar-refractivity contribution in [1.29, 1.82) is 0 Å². The number of urea groups is 2. The number of piperidine rings is 2. The average molecular weight is 975 g/mol. The van der Waals surface area contributed by atoms with Gasteiger partial charge in [0, 0.05) is 74.1 Å². The molecular formula is C42H58N10O17. The molecule has 378 valence electrons. The third kappa shape index (κ3) is 20.0. The predicted octanol–water partition coefficient (Wildman–Crippen LogP) is 1.69. The molecule has 0 saturated carbocycles.